The van der Waals surface area contributed by atoms with Crippen LogP contribution in [0.4, 0.5) is 0 Å². The van der Waals surface area contributed by atoms with Crippen LogP contribution in [0.2, 0.25) is 0 Å². The van der Waals surface area contributed by atoms with Gasteiger partial charge in [0, 0.05) is 19.5 Å². The van der Waals surface area contributed by atoms with Crippen LogP contribution in [0.1, 0.15) is 71.1 Å². The minimum atomic E-state index is 0.389. The minimum absolute atomic E-state index is 0.389. The third kappa shape index (κ3) is 3.49. The van der Waals surface area contributed by atoms with Gasteiger partial charge in [-0.3, -0.25) is 4.79 Å². The normalized spacial score (nSPS) is 29.4. The zero-order chi connectivity index (χ0) is 13.0. The number of hydrogen-bond donors (Lipinski definition) is 0. The lowest BCUT2D eigenvalue weighted by Gasteiger charge is -2.36. The molecule has 2 unspecified atom stereocenters. The van der Waals surface area contributed by atoms with Crippen LogP contribution in [0, 0.1) is 11.8 Å². The highest BCUT2D eigenvalue weighted by molar-refractivity contribution is 5.76. The van der Waals surface area contributed by atoms with E-state index in [4.69, 9.17) is 0 Å². The second-order valence-corrected chi connectivity index (χ2v) is 6.52. The fraction of sp³-hybridized carbons (Fsp3) is 0.938. The van der Waals surface area contributed by atoms with Crippen molar-refractivity contribution >= 4 is 5.91 Å². The number of amides is 1. The first-order valence-electron chi connectivity index (χ1n) is 7.94. The molecule has 0 N–H and O–H groups in total. The van der Waals surface area contributed by atoms with Crippen molar-refractivity contribution in [1.29, 1.82) is 0 Å². The van der Waals surface area contributed by atoms with E-state index in [1.54, 1.807) is 0 Å². The summed E-state index contributed by atoms with van der Waals surface area (Å²) in [5.41, 5.74) is 0. The second-order valence-electron chi connectivity index (χ2n) is 6.52. The Labute approximate surface area is 112 Å². The van der Waals surface area contributed by atoms with Gasteiger partial charge in [-0.1, -0.05) is 45.4 Å². The maximum atomic E-state index is 12.3. The second kappa shape index (κ2) is 6.58. The molecule has 0 aliphatic heterocycles. The molecule has 2 aliphatic carbocycles. The van der Waals surface area contributed by atoms with E-state index in [1.807, 2.05) is 7.05 Å². The third-order valence-corrected chi connectivity index (χ3v) is 5.20. The number of hydrogen-bond acceptors (Lipinski definition) is 1. The molecule has 0 heterocycles. The van der Waals surface area contributed by atoms with Crippen molar-refractivity contribution in [1.82, 2.24) is 4.90 Å². The Morgan fingerprint density at radius 3 is 2.33 bits per heavy atom. The van der Waals surface area contributed by atoms with Crippen molar-refractivity contribution < 1.29 is 4.79 Å². The Kier molecular flexibility index (Phi) is 5.08. The fourth-order valence-corrected chi connectivity index (χ4v) is 3.86. The molecular formula is C16H29NO. The van der Waals surface area contributed by atoms with Gasteiger partial charge in [-0.25, -0.2) is 0 Å². The van der Waals surface area contributed by atoms with Crippen molar-refractivity contribution in [2.45, 2.75) is 77.2 Å². The van der Waals surface area contributed by atoms with Crippen LogP contribution < -0.4 is 0 Å². The van der Waals surface area contributed by atoms with Crippen LogP contribution in [-0.4, -0.2) is 23.9 Å². The first kappa shape index (κ1) is 13.9. The van der Waals surface area contributed by atoms with E-state index in [9.17, 15) is 4.79 Å². The van der Waals surface area contributed by atoms with Crippen LogP contribution in [0.5, 0.6) is 0 Å². The number of nitrogens with zero attached hydrogens (tertiary/aromatic N) is 1. The Hall–Kier alpha value is -0.530. The smallest absolute Gasteiger partial charge is 0.222 e. The van der Waals surface area contributed by atoms with Crippen molar-refractivity contribution in [2.24, 2.45) is 11.8 Å². The summed E-state index contributed by atoms with van der Waals surface area (Å²) < 4.78 is 0. The lowest BCUT2D eigenvalue weighted by atomic mass is 9.85. The molecule has 0 bridgehead atoms. The summed E-state index contributed by atoms with van der Waals surface area (Å²) in [6.07, 6.45) is 12.6. The van der Waals surface area contributed by atoms with Gasteiger partial charge in [0.25, 0.3) is 0 Å². The van der Waals surface area contributed by atoms with Crippen LogP contribution in [0.25, 0.3) is 0 Å². The maximum Gasteiger partial charge on any atom is 0.222 e. The van der Waals surface area contributed by atoms with E-state index >= 15 is 0 Å². The fourth-order valence-electron chi connectivity index (χ4n) is 3.86. The maximum absolute atomic E-state index is 12.3. The van der Waals surface area contributed by atoms with Gasteiger partial charge >= 0.3 is 0 Å². The summed E-state index contributed by atoms with van der Waals surface area (Å²) in [6.45, 7) is 2.31. The van der Waals surface area contributed by atoms with Crippen molar-refractivity contribution in [3.8, 4) is 0 Å². The molecule has 2 nitrogen and oxygen atoms in total. The van der Waals surface area contributed by atoms with E-state index in [-0.39, 0.29) is 0 Å². The molecule has 0 saturated heterocycles. The highest BCUT2D eigenvalue weighted by atomic mass is 16.2. The van der Waals surface area contributed by atoms with E-state index in [0.29, 0.717) is 17.9 Å². The van der Waals surface area contributed by atoms with Gasteiger partial charge in [-0.05, 0) is 31.1 Å². The van der Waals surface area contributed by atoms with Gasteiger partial charge in [0.2, 0.25) is 5.91 Å². The van der Waals surface area contributed by atoms with E-state index < -0.39 is 0 Å². The average molecular weight is 251 g/mol. The third-order valence-electron chi connectivity index (χ3n) is 5.20. The molecule has 0 aromatic rings. The molecule has 18 heavy (non-hydrogen) atoms. The molecule has 2 fully saturated rings. The van der Waals surface area contributed by atoms with Crippen LogP contribution in [-0.2, 0) is 4.79 Å². The summed E-state index contributed by atoms with van der Waals surface area (Å²) >= 11 is 0. The molecule has 2 saturated carbocycles. The van der Waals surface area contributed by atoms with E-state index in [1.165, 1.54) is 51.4 Å². The molecule has 2 heteroatoms. The quantitative estimate of drug-likeness (QED) is 0.739. The largest absolute Gasteiger partial charge is 0.343 e. The Bertz CT molecular complexity index is 270. The van der Waals surface area contributed by atoms with Gasteiger partial charge in [0.05, 0.1) is 0 Å². The van der Waals surface area contributed by atoms with Gasteiger partial charge < -0.3 is 4.90 Å². The Morgan fingerprint density at radius 2 is 1.67 bits per heavy atom. The van der Waals surface area contributed by atoms with Gasteiger partial charge in [-0.15, -0.1) is 0 Å². The average Bonchev–Trinajstić information content (AvgIpc) is 2.89. The molecule has 2 atom stereocenters. The van der Waals surface area contributed by atoms with Crippen LogP contribution in [0.3, 0.4) is 0 Å². The van der Waals surface area contributed by atoms with Gasteiger partial charge in [-0.2, -0.15) is 0 Å². The SMILES string of the molecule is CC1CCCCC1N(C)C(=O)CCC1CCCC1. The molecule has 1 amide bonds. The van der Waals surface area contributed by atoms with Crippen molar-refractivity contribution in [2.75, 3.05) is 7.05 Å². The molecule has 0 aromatic carbocycles. The Morgan fingerprint density at radius 1 is 1.06 bits per heavy atom. The molecule has 0 spiro atoms. The number of rotatable bonds is 4. The molecule has 104 valence electrons. The summed E-state index contributed by atoms with van der Waals surface area (Å²) in [5, 5.41) is 0. The molecule has 0 aromatic heterocycles. The molecular weight excluding hydrogens is 222 g/mol. The van der Waals surface area contributed by atoms with Crippen molar-refractivity contribution in [3.05, 3.63) is 0 Å². The molecule has 2 aliphatic rings. The van der Waals surface area contributed by atoms with Gasteiger partial charge in [0.1, 0.15) is 0 Å². The molecule has 0 radical (unpaired) electrons. The predicted octanol–water partition coefficient (Wildman–Crippen LogP) is 3.99. The minimum Gasteiger partial charge on any atom is -0.343 e. The van der Waals surface area contributed by atoms with Crippen molar-refractivity contribution in [3.63, 3.8) is 0 Å². The summed E-state index contributed by atoms with van der Waals surface area (Å²) in [6, 6.07) is 0.509. The predicted molar refractivity (Wildman–Crippen MR) is 75.4 cm³/mol. The Balaban J connectivity index is 1.76. The first-order valence-corrected chi connectivity index (χ1v) is 7.94. The summed E-state index contributed by atoms with van der Waals surface area (Å²) in [7, 11) is 2.03. The highest BCUT2D eigenvalue weighted by Gasteiger charge is 2.28. The standard InChI is InChI=1S/C16H29NO/c1-13-7-3-6-10-15(13)17(2)16(18)12-11-14-8-4-5-9-14/h13-15H,3-12H2,1-2H3. The molecule has 2 rings (SSSR count). The number of carbonyl (C=O) groups excluding carboxylic acids is 1. The highest BCUT2D eigenvalue weighted by Crippen LogP contribution is 2.30. The summed E-state index contributed by atoms with van der Waals surface area (Å²) in [4.78, 5) is 14.3. The van der Waals surface area contributed by atoms with E-state index in [0.717, 1.165) is 18.8 Å². The monoisotopic (exact) mass is 251 g/mol. The van der Waals surface area contributed by atoms with Crippen LogP contribution >= 0.6 is 0 Å². The number of carbonyl (C=O) groups is 1. The zero-order valence-electron chi connectivity index (χ0n) is 12.2. The van der Waals surface area contributed by atoms with Crippen LogP contribution in [0.15, 0.2) is 0 Å². The summed E-state index contributed by atoms with van der Waals surface area (Å²) in [5.74, 6) is 1.92. The lowest BCUT2D eigenvalue weighted by molar-refractivity contribution is -0.133. The van der Waals surface area contributed by atoms with E-state index in [2.05, 4.69) is 11.8 Å². The lowest BCUT2D eigenvalue weighted by Crippen LogP contribution is -2.42. The zero-order valence-corrected chi connectivity index (χ0v) is 12.2. The topological polar surface area (TPSA) is 20.3 Å². The first-order chi connectivity index (χ1) is 8.68. The van der Waals surface area contributed by atoms with Gasteiger partial charge in [0.15, 0.2) is 0 Å².